The van der Waals surface area contributed by atoms with Crippen LogP contribution in [0.5, 0.6) is 0 Å². The summed E-state index contributed by atoms with van der Waals surface area (Å²) in [6.45, 7) is 0. The van der Waals surface area contributed by atoms with Crippen molar-refractivity contribution in [2.45, 2.75) is 0 Å². The summed E-state index contributed by atoms with van der Waals surface area (Å²) in [6.07, 6.45) is 0. The number of amides is 1. The Kier molecular flexibility index (Phi) is 2.58. The van der Waals surface area contributed by atoms with E-state index < -0.39 is 28.4 Å². The van der Waals surface area contributed by atoms with Crippen LogP contribution in [0, 0.1) is 0 Å². The first kappa shape index (κ1) is 11.8. The van der Waals surface area contributed by atoms with Crippen LogP contribution >= 0.6 is 0 Å². The minimum Gasteiger partial charge on any atom is -0.343 e. The Morgan fingerprint density at radius 2 is 1.72 bits per heavy atom. The van der Waals surface area contributed by atoms with Gasteiger partial charge in [0.05, 0.1) is 0 Å². The van der Waals surface area contributed by atoms with Crippen molar-refractivity contribution in [3.63, 3.8) is 0 Å². The summed E-state index contributed by atoms with van der Waals surface area (Å²) in [5.41, 5.74) is -3.06. The number of fused-ring (bicyclic) bond motifs is 1. The highest BCUT2D eigenvalue weighted by Gasteiger charge is 2.16. The lowest BCUT2D eigenvalue weighted by atomic mass is 10.3. The average Bonchev–Trinajstić information content (AvgIpc) is 2.28. The average molecular weight is 251 g/mol. The topological polar surface area (TPSA) is 132 Å². The van der Waals surface area contributed by atoms with Crippen molar-refractivity contribution in [2.75, 3.05) is 14.1 Å². The van der Waals surface area contributed by atoms with Crippen LogP contribution < -0.4 is 16.8 Å². The number of carbonyl (C=O) groups is 1. The number of nitrogens with one attached hydrogen (secondary N) is 3. The molecule has 2 rings (SSSR count). The number of aromatic amines is 3. The molecule has 0 aromatic carbocycles. The Bertz CT molecular complexity index is 797. The van der Waals surface area contributed by atoms with E-state index in [4.69, 9.17) is 0 Å². The van der Waals surface area contributed by atoms with Crippen LogP contribution in [0.4, 0.5) is 0 Å². The standard InChI is InChI=1S/C9H9N5O4/c1-14(2)8(17)4-7(16)11-3-5(10-4)12-9(18)13-6(3)15/h1-2H3,(H,11,16)(H2,10,12,13,15,18). The molecule has 0 saturated carbocycles. The lowest BCUT2D eigenvalue weighted by molar-refractivity contribution is 0.0820. The van der Waals surface area contributed by atoms with Crippen LogP contribution in [0.25, 0.3) is 11.2 Å². The van der Waals surface area contributed by atoms with Gasteiger partial charge in [0.2, 0.25) is 0 Å². The summed E-state index contributed by atoms with van der Waals surface area (Å²) in [6, 6.07) is 0. The SMILES string of the molecule is CN(C)C(=O)c1nc2[nH]c(=O)[nH]c(=O)c2[nH]c1=O. The van der Waals surface area contributed by atoms with E-state index in [0.717, 1.165) is 4.90 Å². The molecule has 0 aliphatic heterocycles. The zero-order chi connectivity index (χ0) is 13.4. The molecule has 0 atom stereocenters. The fraction of sp³-hybridized carbons (Fsp3) is 0.222. The molecule has 0 unspecified atom stereocenters. The molecule has 0 spiro atoms. The number of hydrogen-bond acceptors (Lipinski definition) is 5. The normalized spacial score (nSPS) is 10.6. The van der Waals surface area contributed by atoms with Crippen molar-refractivity contribution < 1.29 is 4.79 Å². The van der Waals surface area contributed by atoms with Gasteiger partial charge in [-0.1, -0.05) is 0 Å². The molecule has 2 heterocycles. The smallest absolute Gasteiger partial charge is 0.327 e. The fourth-order valence-electron chi connectivity index (χ4n) is 1.37. The van der Waals surface area contributed by atoms with Gasteiger partial charge in [-0.3, -0.25) is 24.4 Å². The zero-order valence-corrected chi connectivity index (χ0v) is 9.53. The third kappa shape index (κ3) is 1.81. The molecule has 0 fully saturated rings. The summed E-state index contributed by atoms with van der Waals surface area (Å²) < 4.78 is 0. The maximum absolute atomic E-state index is 11.6. The largest absolute Gasteiger partial charge is 0.343 e. The lowest BCUT2D eigenvalue weighted by Gasteiger charge is -2.08. The molecule has 0 aliphatic carbocycles. The quantitative estimate of drug-likeness (QED) is 0.539. The van der Waals surface area contributed by atoms with Crippen LogP contribution in [0.2, 0.25) is 0 Å². The number of H-pyrrole nitrogens is 3. The van der Waals surface area contributed by atoms with Crippen molar-refractivity contribution in [1.29, 1.82) is 0 Å². The van der Waals surface area contributed by atoms with Crippen LogP contribution in [-0.4, -0.2) is 44.8 Å². The van der Waals surface area contributed by atoms with Gasteiger partial charge in [0.15, 0.2) is 16.9 Å². The highest BCUT2D eigenvalue weighted by Crippen LogP contribution is 1.97. The van der Waals surface area contributed by atoms with Gasteiger partial charge in [-0.25, -0.2) is 9.78 Å². The van der Waals surface area contributed by atoms with E-state index in [2.05, 4.69) is 15.0 Å². The maximum Gasteiger partial charge on any atom is 0.327 e. The molecule has 9 nitrogen and oxygen atoms in total. The van der Waals surface area contributed by atoms with Gasteiger partial charge >= 0.3 is 5.69 Å². The van der Waals surface area contributed by atoms with Crippen molar-refractivity contribution >= 4 is 17.1 Å². The molecule has 2 aromatic heterocycles. The van der Waals surface area contributed by atoms with Crippen molar-refractivity contribution in [2.24, 2.45) is 0 Å². The van der Waals surface area contributed by atoms with Crippen molar-refractivity contribution in [3.8, 4) is 0 Å². The van der Waals surface area contributed by atoms with Crippen LogP contribution in [0.3, 0.4) is 0 Å². The third-order valence-corrected chi connectivity index (χ3v) is 2.21. The van der Waals surface area contributed by atoms with Gasteiger partial charge in [-0.2, -0.15) is 0 Å². The molecule has 18 heavy (non-hydrogen) atoms. The van der Waals surface area contributed by atoms with Gasteiger partial charge in [0.1, 0.15) is 0 Å². The Hall–Kier alpha value is -2.71. The molecular formula is C9H9N5O4. The van der Waals surface area contributed by atoms with E-state index in [0.29, 0.717) is 0 Å². The minimum absolute atomic E-state index is 0.145. The Morgan fingerprint density at radius 3 is 2.33 bits per heavy atom. The van der Waals surface area contributed by atoms with E-state index in [-0.39, 0.29) is 11.2 Å². The first-order valence-corrected chi connectivity index (χ1v) is 4.88. The lowest BCUT2D eigenvalue weighted by Crippen LogP contribution is -2.33. The zero-order valence-electron chi connectivity index (χ0n) is 9.53. The molecule has 0 bridgehead atoms. The van der Waals surface area contributed by atoms with E-state index >= 15 is 0 Å². The molecular weight excluding hydrogens is 242 g/mol. The second-order valence-corrected chi connectivity index (χ2v) is 3.75. The molecule has 2 aromatic rings. The number of nitrogens with zero attached hydrogens (tertiary/aromatic N) is 2. The third-order valence-electron chi connectivity index (χ3n) is 2.21. The van der Waals surface area contributed by atoms with E-state index in [1.807, 2.05) is 4.98 Å². The molecule has 3 N–H and O–H groups in total. The Morgan fingerprint density at radius 1 is 1.06 bits per heavy atom. The van der Waals surface area contributed by atoms with Crippen LogP contribution in [0.1, 0.15) is 10.5 Å². The molecule has 9 heteroatoms. The van der Waals surface area contributed by atoms with Gasteiger partial charge in [0, 0.05) is 14.1 Å². The van der Waals surface area contributed by atoms with Crippen LogP contribution in [0.15, 0.2) is 14.4 Å². The second-order valence-electron chi connectivity index (χ2n) is 3.75. The van der Waals surface area contributed by atoms with E-state index in [1.165, 1.54) is 14.1 Å². The van der Waals surface area contributed by atoms with Gasteiger partial charge in [-0.05, 0) is 0 Å². The summed E-state index contributed by atoms with van der Waals surface area (Å²) in [5, 5.41) is 0. The Labute approximate surface area is 98.5 Å². The highest BCUT2D eigenvalue weighted by molar-refractivity contribution is 5.92. The molecule has 0 radical (unpaired) electrons. The molecule has 1 amide bonds. The summed E-state index contributed by atoms with van der Waals surface area (Å²) in [5.74, 6) is -0.626. The molecule has 0 saturated heterocycles. The van der Waals surface area contributed by atoms with E-state index in [1.54, 1.807) is 0 Å². The van der Waals surface area contributed by atoms with Gasteiger partial charge in [-0.15, -0.1) is 0 Å². The first-order chi connectivity index (χ1) is 8.40. The van der Waals surface area contributed by atoms with Crippen molar-refractivity contribution in [1.82, 2.24) is 24.8 Å². The summed E-state index contributed by atoms with van der Waals surface area (Å²) in [4.78, 5) is 56.9. The number of aromatic nitrogens is 4. The predicted octanol–water partition coefficient (Wildman–Crippen LogP) is -2.00. The van der Waals surface area contributed by atoms with E-state index in [9.17, 15) is 19.2 Å². The summed E-state index contributed by atoms with van der Waals surface area (Å²) >= 11 is 0. The number of hydrogen-bond donors (Lipinski definition) is 3. The van der Waals surface area contributed by atoms with Crippen molar-refractivity contribution in [3.05, 3.63) is 36.9 Å². The maximum atomic E-state index is 11.6. The second kappa shape index (κ2) is 3.95. The monoisotopic (exact) mass is 251 g/mol. The first-order valence-electron chi connectivity index (χ1n) is 4.88. The number of carbonyl (C=O) groups excluding carboxylic acids is 1. The van der Waals surface area contributed by atoms with Crippen LogP contribution in [-0.2, 0) is 0 Å². The highest BCUT2D eigenvalue weighted by atomic mass is 16.2. The fourth-order valence-corrected chi connectivity index (χ4v) is 1.37. The van der Waals surface area contributed by atoms with Gasteiger partial charge in [0.25, 0.3) is 17.0 Å². The Balaban J connectivity index is 2.85. The molecule has 94 valence electrons. The minimum atomic E-state index is -0.793. The predicted molar refractivity (Wildman–Crippen MR) is 61.6 cm³/mol. The number of rotatable bonds is 1. The molecule has 0 aliphatic rings. The summed E-state index contributed by atoms with van der Waals surface area (Å²) in [7, 11) is 2.91. The van der Waals surface area contributed by atoms with Gasteiger partial charge < -0.3 is 9.88 Å².